The maximum absolute atomic E-state index is 13.1. The van der Waals surface area contributed by atoms with Crippen molar-refractivity contribution in [2.45, 2.75) is 25.0 Å². The van der Waals surface area contributed by atoms with Gasteiger partial charge in [0.05, 0.1) is 36.9 Å². The Labute approximate surface area is 182 Å². The number of fused-ring (bicyclic) bond motifs is 2. The van der Waals surface area contributed by atoms with Crippen LogP contribution in [0, 0.1) is 0 Å². The molecular formula is C19H21F2N7O3S. The number of piperidine rings is 1. The van der Waals surface area contributed by atoms with Crippen molar-refractivity contribution in [3.8, 4) is 11.4 Å². The molecule has 3 aromatic rings. The van der Waals surface area contributed by atoms with Gasteiger partial charge in [-0.25, -0.2) is 36.7 Å². The molecule has 32 heavy (non-hydrogen) atoms. The van der Waals surface area contributed by atoms with Gasteiger partial charge in [0.15, 0.2) is 5.65 Å². The highest BCUT2D eigenvalue weighted by atomic mass is 32.2. The summed E-state index contributed by atoms with van der Waals surface area (Å²) in [5.74, 6) is 0.654. The lowest BCUT2D eigenvalue weighted by Crippen LogP contribution is -2.60. The van der Waals surface area contributed by atoms with E-state index in [1.54, 1.807) is 6.07 Å². The number of alkyl halides is 2. The van der Waals surface area contributed by atoms with Crippen molar-refractivity contribution in [1.29, 1.82) is 0 Å². The van der Waals surface area contributed by atoms with Gasteiger partial charge in [0, 0.05) is 25.7 Å². The third-order valence-corrected chi connectivity index (χ3v) is 7.11. The van der Waals surface area contributed by atoms with E-state index in [1.165, 1.54) is 39.7 Å². The largest absolute Gasteiger partial charge is 0.373 e. The first kappa shape index (κ1) is 21.1. The molecule has 0 aliphatic carbocycles. The van der Waals surface area contributed by atoms with Crippen LogP contribution in [0.15, 0.2) is 30.7 Å². The van der Waals surface area contributed by atoms with Crippen molar-refractivity contribution in [3.63, 3.8) is 0 Å². The Morgan fingerprint density at radius 1 is 1.19 bits per heavy atom. The zero-order chi connectivity index (χ0) is 22.5. The highest BCUT2D eigenvalue weighted by Gasteiger charge is 2.40. The van der Waals surface area contributed by atoms with Crippen LogP contribution in [-0.4, -0.2) is 81.9 Å². The molecule has 2 fully saturated rings. The monoisotopic (exact) mass is 465 g/mol. The third-order valence-electron chi connectivity index (χ3n) is 5.84. The second kappa shape index (κ2) is 7.98. The molecule has 5 rings (SSSR count). The number of hydrogen-bond donors (Lipinski definition) is 0. The van der Waals surface area contributed by atoms with Crippen LogP contribution < -0.4 is 4.90 Å². The molecule has 2 aliphatic heterocycles. The summed E-state index contributed by atoms with van der Waals surface area (Å²) in [7, 11) is -3.29. The molecule has 0 radical (unpaired) electrons. The Hall–Kier alpha value is -2.77. The number of aromatic nitrogens is 5. The molecule has 0 saturated carbocycles. The zero-order valence-corrected chi connectivity index (χ0v) is 18.0. The van der Waals surface area contributed by atoms with Gasteiger partial charge in [-0.2, -0.15) is 9.40 Å². The van der Waals surface area contributed by atoms with Crippen LogP contribution in [0.1, 0.15) is 18.5 Å². The van der Waals surface area contributed by atoms with Crippen LogP contribution in [-0.2, 0) is 14.8 Å². The molecule has 10 nitrogen and oxygen atoms in total. The summed E-state index contributed by atoms with van der Waals surface area (Å²) in [5.41, 5.74) is 1.06. The highest BCUT2D eigenvalue weighted by Crippen LogP contribution is 2.30. The number of anilines is 1. The minimum absolute atomic E-state index is 0.0322. The van der Waals surface area contributed by atoms with Crippen molar-refractivity contribution in [1.82, 2.24) is 28.9 Å². The Bertz CT molecular complexity index is 1250. The van der Waals surface area contributed by atoms with E-state index in [1.807, 2.05) is 0 Å². The van der Waals surface area contributed by atoms with Gasteiger partial charge in [-0.15, -0.1) is 0 Å². The predicted octanol–water partition coefficient (Wildman–Crippen LogP) is 1.36. The average Bonchev–Trinajstić information content (AvgIpc) is 3.21. The molecule has 0 N–H and O–H groups in total. The number of hydrogen-bond acceptors (Lipinski definition) is 8. The van der Waals surface area contributed by atoms with Crippen LogP contribution in [0.2, 0.25) is 0 Å². The van der Waals surface area contributed by atoms with E-state index in [-0.39, 0.29) is 17.8 Å². The second-order valence-electron chi connectivity index (χ2n) is 7.81. The number of morpholine rings is 1. The van der Waals surface area contributed by atoms with Crippen molar-refractivity contribution >= 4 is 21.5 Å². The third kappa shape index (κ3) is 3.80. The fourth-order valence-corrected chi connectivity index (χ4v) is 5.13. The lowest BCUT2D eigenvalue weighted by Gasteiger charge is -2.46. The van der Waals surface area contributed by atoms with Crippen molar-refractivity contribution in [3.05, 3.63) is 36.4 Å². The summed E-state index contributed by atoms with van der Waals surface area (Å²) in [5, 5.41) is 4.00. The second-order valence-corrected chi connectivity index (χ2v) is 9.80. The Kier molecular flexibility index (Phi) is 5.26. The number of ether oxygens (including phenoxy) is 1. The van der Waals surface area contributed by atoms with E-state index in [0.717, 1.165) is 0 Å². The van der Waals surface area contributed by atoms with Crippen LogP contribution in [0.4, 0.5) is 14.6 Å². The maximum atomic E-state index is 13.1. The van der Waals surface area contributed by atoms with Crippen molar-refractivity contribution in [2.24, 2.45) is 0 Å². The van der Waals surface area contributed by atoms with Crippen molar-refractivity contribution in [2.75, 3.05) is 37.4 Å². The van der Waals surface area contributed by atoms with Crippen LogP contribution in [0.5, 0.6) is 0 Å². The Morgan fingerprint density at radius 3 is 2.81 bits per heavy atom. The van der Waals surface area contributed by atoms with Crippen molar-refractivity contribution < 1.29 is 21.9 Å². The summed E-state index contributed by atoms with van der Waals surface area (Å²) in [6.07, 6.45) is 1.79. The first-order valence-electron chi connectivity index (χ1n) is 10.1. The molecule has 170 valence electrons. The molecule has 0 amide bonds. The minimum Gasteiger partial charge on any atom is -0.373 e. The number of imidazole rings is 1. The normalized spacial score (nSPS) is 22.4. The van der Waals surface area contributed by atoms with Gasteiger partial charge in [-0.1, -0.05) is 0 Å². The van der Waals surface area contributed by atoms with Gasteiger partial charge < -0.3 is 9.64 Å². The molecule has 0 aromatic carbocycles. The van der Waals surface area contributed by atoms with Gasteiger partial charge in [-0.3, -0.25) is 0 Å². The van der Waals surface area contributed by atoms with Crippen LogP contribution >= 0.6 is 0 Å². The number of rotatable bonds is 4. The molecule has 3 aromatic heterocycles. The molecule has 5 heterocycles. The van der Waals surface area contributed by atoms with Crippen LogP contribution in [0.3, 0.4) is 0 Å². The molecule has 2 unspecified atom stereocenters. The van der Waals surface area contributed by atoms with Gasteiger partial charge in [0.1, 0.15) is 23.5 Å². The topological polar surface area (TPSA) is 106 Å². The van der Waals surface area contributed by atoms with E-state index < -0.39 is 16.4 Å². The molecule has 0 spiro atoms. The first-order valence-corrected chi connectivity index (χ1v) is 11.9. The fourth-order valence-electron chi connectivity index (χ4n) is 4.27. The number of nitrogens with zero attached hydrogens (tertiary/aromatic N) is 7. The van der Waals surface area contributed by atoms with E-state index >= 15 is 0 Å². The van der Waals surface area contributed by atoms with Gasteiger partial charge >= 0.3 is 0 Å². The fraction of sp³-hybridized carbons (Fsp3) is 0.474. The smallest absolute Gasteiger partial charge is 0.282 e. The Morgan fingerprint density at radius 2 is 2.03 bits per heavy atom. The first-order chi connectivity index (χ1) is 15.3. The molecule has 2 aliphatic rings. The van der Waals surface area contributed by atoms with E-state index in [9.17, 15) is 17.2 Å². The average molecular weight is 465 g/mol. The maximum Gasteiger partial charge on any atom is 0.282 e. The molecule has 2 atom stereocenters. The van der Waals surface area contributed by atoms with E-state index in [0.29, 0.717) is 55.5 Å². The Balaban J connectivity index is 1.46. The molecule has 13 heteroatoms. The summed E-state index contributed by atoms with van der Waals surface area (Å²) >= 11 is 0. The highest BCUT2D eigenvalue weighted by molar-refractivity contribution is 7.88. The number of halogens is 2. The molecular weight excluding hydrogens is 444 g/mol. The standard InChI is InChI=1S/C19H21F2N7O3S/c1-32(29,30)26-5-4-14-16(10-26)31-7-6-27(14)18-8-13(23-11-24-18)15-9-22-17-3-2-12(19(20)21)25-28(15)17/h2-3,8-9,11,14,16,19H,4-7,10H2,1H3. The molecule has 0 bridgehead atoms. The summed E-state index contributed by atoms with van der Waals surface area (Å²) < 4.78 is 58.8. The SMILES string of the molecule is CS(=O)(=O)N1CCC2C(C1)OCCN2c1cc(-c2cnc3ccc(C(F)F)nn23)ncn1. The van der Waals surface area contributed by atoms with E-state index in [4.69, 9.17) is 4.74 Å². The summed E-state index contributed by atoms with van der Waals surface area (Å²) in [6.45, 7) is 1.74. The molecule has 2 saturated heterocycles. The summed E-state index contributed by atoms with van der Waals surface area (Å²) in [4.78, 5) is 15.1. The predicted molar refractivity (Wildman–Crippen MR) is 111 cm³/mol. The minimum atomic E-state index is -3.29. The number of sulfonamides is 1. The van der Waals surface area contributed by atoms with Gasteiger partial charge in [0.2, 0.25) is 10.0 Å². The van der Waals surface area contributed by atoms with Gasteiger partial charge in [-0.05, 0) is 18.6 Å². The van der Waals surface area contributed by atoms with Crippen LogP contribution in [0.25, 0.3) is 17.0 Å². The quantitative estimate of drug-likeness (QED) is 0.569. The van der Waals surface area contributed by atoms with E-state index in [2.05, 4.69) is 25.0 Å². The van der Waals surface area contributed by atoms with Gasteiger partial charge in [0.25, 0.3) is 6.43 Å². The summed E-state index contributed by atoms with van der Waals surface area (Å²) in [6, 6.07) is 4.47. The lowest BCUT2D eigenvalue weighted by atomic mass is 9.99. The lowest BCUT2D eigenvalue weighted by molar-refractivity contribution is -0.0172. The zero-order valence-electron chi connectivity index (χ0n) is 17.2.